The van der Waals surface area contributed by atoms with Gasteiger partial charge in [0, 0.05) is 11.1 Å². The molecule has 3 aromatic rings. The number of nitrogens with zero attached hydrogens (tertiary/aromatic N) is 2. The van der Waals surface area contributed by atoms with Crippen molar-refractivity contribution in [2.45, 2.75) is 19.8 Å². The number of aromatic nitrogens is 2. The number of carboxylic acids is 1. The van der Waals surface area contributed by atoms with Gasteiger partial charge in [-0.15, -0.1) is 10.2 Å². The molecule has 0 saturated heterocycles. The van der Waals surface area contributed by atoms with Crippen molar-refractivity contribution in [3.8, 4) is 22.9 Å². The SMILES string of the molecule is CC(C)c1ccc(-c2nnc(-c3ccc(C(=O)O)cc3)o2)cc1. The molecule has 5 heteroatoms. The molecule has 2 aromatic carbocycles. The summed E-state index contributed by atoms with van der Waals surface area (Å²) in [4.78, 5) is 10.9. The smallest absolute Gasteiger partial charge is 0.335 e. The number of hydrogen-bond donors (Lipinski definition) is 1. The minimum atomic E-state index is -0.965. The maximum absolute atomic E-state index is 10.9. The summed E-state index contributed by atoms with van der Waals surface area (Å²) in [7, 11) is 0. The molecule has 0 aliphatic heterocycles. The topological polar surface area (TPSA) is 76.2 Å². The van der Waals surface area contributed by atoms with Crippen LogP contribution in [0.25, 0.3) is 22.9 Å². The Morgan fingerprint density at radius 2 is 1.39 bits per heavy atom. The highest BCUT2D eigenvalue weighted by Crippen LogP contribution is 2.25. The van der Waals surface area contributed by atoms with Crippen LogP contribution in [0.3, 0.4) is 0 Å². The van der Waals surface area contributed by atoms with Crippen LogP contribution in [0.5, 0.6) is 0 Å². The van der Waals surface area contributed by atoms with Crippen molar-refractivity contribution >= 4 is 5.97 Å². The van der Waals surface area contributed by atoms with Crippen LogP contribution in [0.2, 0.25) is 0 Å². The van der Waals surface area contributed by atoms with Crippen molar-refractivity contribution in [3.63, 3.8) is 0 Å². The van der Waals surface area contributed by atoms with E-state index in [1.807, 2.05) is 24.3 Å². The van der Waals surface area contributed by atoms with Crippen LogP contribution in [0.1, 0.15) is 35.7 Å². The molecule has 116 valence electrons. The van der Waals surface area contributed by atoms with Gasteiger partial charge in [0.25, 0.3) is 0 Å². The van der Waals surface area contributed by atoms with Gasteiger partial charge < -0.3 is 9.52 Å². The van der Waals surface area contributed by atoms with Gasteiger partial charge in [-0.2, -0.15) is 0 Å². The second-order valence-corrected chi connectivity index (χ2v) is 5.57. The molecule has 0 saturated carbocycles. The Morgan fingerprint density at radius 3 is 1.83 bits per heavy atom. The average molecular weight is 308 g/mol. The molecule has 0 unspecified atom stereocenters. The number of rotatable bonds is 4. The third kappa shape index (κ3) is 3.13. The minimum Gasteiger partial charge on any atom is -0.478 e. The molecule has 1 aromatic heterocycles. The highest BCUT2D eigenvalue weighted by molar-refractivity contribution is 5.88. The van der Waals surface area contributed by atoms with Crippen molar-refractivity contribution in [3.05, 3.63) is 59.7 Å². The highest BCUT2D eigenvalue weighted by atomic mass is 16.4. The molecule has 0 spiro atoms. The third-order valence-electron chi connectivity index (χ3n) is 3.63. The minimum absolute atomic E-state index is 0.220. The van der Waals surface area contributed by atoms with Gasteiger partial charge in [0.2, 0.25) is 11.8 Å². The molecule has 0 aliphatic carbocycles. The molecule has 1 N–H and O–H groups in total. The van der Waals surface area contributed by atoms with Crippen LogP contribution >= 0.6 is 0 Å². The van der Waals surface area contributed by atoms with Gasteiger partial charge in [-0.3, -0.25) is 0 Å². The van der Waals surface area contributed by atoms with Crippen molar-refractivity contribution in [2.24, 2.45) is 0 Å². The summed E-state index contributed by atoms with van der Waals surface area (Å²) in [6.45, 7) is 4.28. The Kier molecular flexibility index (Phi) is 3.93. The van der Waals surface area contributed by atoms with Gasteiger partial charge in [0.15, 0.2) is 0 Å². The monoisotopic (exact) mass is 308 g/mol. The van der Waals surface area contributed by atoms with Crippen LogP contribution in [-0.2, 0) is 0 Å². The number of carbonyl (C=O) groups is 1. The summed E-state index contributed by atoms with van der Waals surface area (Å²) in [6, 6.07) is 14.3. The Hall–Kier alpha value is -2.95. The summed E-state index contributed by atoms with van der Waals surface area (Å²) < 4.78 is 5.69. The summed E-state index contributed by atoms with van der Waals surface area (Å²) in [5, 5.41) is 17.0. The van der Waals surface area contributed by atoms with Gasteiger partial charge in [-0.1, -0.05) is 26.0 Å². The van der Waals surface area contributed by atoms with E-state index in [0.717, 1.165) is 5.56 Å². The Morgan fingerprint density at radius 1 is 0.913 bits per heavy atom. The number of aromatic carboxylic acids is 1. The van der Waals surface area contributed by atoms with E-state index >= 15 is 0 Å². The molecule has 0 amide bonds. The lowest BCUT2D eigenvalue weighted by Crippen LogP contribution is -1.94. The summed E-state index contributed by atoms with van der Waals surface area (Å²) in [5.74, 6) is 0.311. The molecule has 0 bridgehead atoms. The fourth-order valence-electron chi connectivity index (χ4n) is 2.22. The molecule has 0 radical (unpaired) electrons. The maximum atomic E-state index is 10.9. The molecule has 0 aliphatic rings. The zero-order chi connectivity index (χ0) is 16.4. The van der Waals surface area contributed by atoms with E-state index in [9.17, 15) is 4.79 Å². The first-order valence-corrected chi connectivity index (χ1v) is 7.32. The quantitative estimate of drug-likeness (QED) is 0.780. The van der Waals surface area contributed by atoms with Crippen molar-refractivity contribution in [1.82, 2.24) is 10.2 Å². The van der Waals surface area contributed by atoms with Crippen LogP contribution in [0.4, 0.5) is 0 Å². The summed E-state index contributed by atoms with van der Waals surface area (Å²) in [6.07, 6.45) is 0. The number of benzene rings is 2. The molecule has 0 atom stereocenters. The van der Waals surface area contributed by atoms with Crippen LogP contribution in [0, 0.1) is 0 Å². The third-order valence-corrected chi connectivity index (χ3v) is 3.63. The second kappa shape index (κ2) is 6.04. The Labute approximate surface area is 133 Å². The highest BCUT2D eigenvalue weighted by Gasteiger charge is 2.11. The molecule has 0 fully saturated rings. The van der Waals surface area contributed by atoms with E-state index in [-0.39, 0.29) is 5.56 Å². The zero-order valence-electron chi connectivity index (χ0n) is 12.9. The number of carboxylic acid groups (broad SMARTS) is 1. The van der Waals surface area contributed by atoms with Gasteiger partial charge in [-0.25, -0.2) is 4.79 Å². The van der Waals surface area contributed by atoms with E-state index < -0.39 is 5.97 Å². The van der Waals surface area contributed by atoms with Gasteiger partial charge in [0.05, 0.1) is 5.56 Å². The normalized spacial score (nSPS) is 10.9. The van der Waals surface area contributed by atoms with Crippen LogP contribution < -0.4 is 0 Å². The largest absolute Gasteiger partial charge is 0.478 e. The summed E-state index contributed by atoms with van der Waals surface area (Å²) >= 11 is 0. The average Bonchev–Trinajstić information content (AvgIpc) is 3.05. The molecule has 1 heterocycles. The Balaban J connectivity index is 1.86. The van der Waals surface area contributed by atoms with Crippen LogP contribution in [-0.4, -0.2) is 21.3 Å². The first kappa shape index (κ1) is 15.0. The van der Waals surface area contributed by atoms with Gasteiger partial charge in [-0.05, 0) is 47.9 Å². The van der Waals surface area contributed by atoms with Crippen molar-refractivity contribution < 1.29 is 14.3 Å². The molecular weight excluding hydrogens is 292 g/mol. The lowest BCUT2D eigenvalue weighted by Gasteiger charge is -2.04. The second-order valence-electron chi connectivity index (χ2n) is 5.57. The predicted molar refractivity (Wildman–Crippen MR) is 86.2 cm³/mol. The molecule has 3 rings (SSSR count). The van der Waals surface area contributed by atoms with Crippen molar-refractivity contribution in [1.29, 1.82) is 0 Å². The lowest BCUT2D eigenvalue weighted by molar-refractivity contribution is 0.0697. The zero-order valence-corrected chi connectivity index (χ0v) is 12.9. The van der Waals surface area contributed by atoms with Gasteiger partial charge in [0.1, 0.15) is 0 Å². The van der Waals surface area contributed by atoms with E-state index in [2.05, 4.69) is 24.0 Å². The van der Waals surface area contributed by atoms with E-state index in [1.54, 1.807) is 12.1 Å². The van der Waals surface area contributed by atoms with Gasteiger partial charge >= 0.3 is 5.97 Å². The fraction of sp³-hybridized carbons (Fsp3) is 0.167. The number of hydrogen-bond acceptors (Lipinski definition) is 4. The molecule has 5 nitrogen and oxygen atoms in total. The molecule has 23 heavy (non-hydrogen) atoms. The Bertz CT molecular complexity index is 818. The predicted octanol–water partition coefficient (Wildman–Crippen LogP) is 4.23. The van der Waals surface area contributed by atoms with E-state index in [4.69, 9.17) is 9.52 Å². The first-order chi connectivity index (χ1) is 11.0. The van der Waals surface area contributed by atoms with E-state index in [1.165, 1.54) is 17.7 Å². The lowest BCUT2D eigenvalue weighted by atomic mass is 10.0. The maximum Gasteiger partial charge on any atom is 0.335 e. The standard InChI is InChI=1S/C18H16N2O3/c1-11(2)12-3-5-13(6-4-12)16-19-20-17(23-16)14-7-9-15(10-8-14)18(21)22/h3-11H,1-2H3,(H,21,22). The summed E-state index contributed by atoms with van der Waals surface area (Å²) in [5.41, 5.74) is 3.01. The van der Waals surface area contributed by atoms with Crippen LogP contribution in [0.15, 0.2) is 52.9 Å². The first-order valence-electron chi connectivity index (χ1n) is 7.32. The van der Waals surface area contributed by atoms with E-state index in [0.29, 0.717) is 23.3 Å². The fourth-order valence-corrected chi connectivity index (χ4v) is 2.22. The van der Waals surface area contributed by atoms with Crippen molar-refractivity contribution in [2.75, 3.05) is 0 Å². The molecular formula is C18H16N2O3.